The van der Waals surface area contributed by atoms with Crippen molar-refractivity contribution in [2.45, 2.75) is 6.54 Å². The molecule has 176 valence electrons. The van der Waals surface area contributed by atoms with E-state index < -0.39 is 15.7 Å². The molecule has 4 aromatic rings. The van der Waals surface area contributed by atoms with E-state index >= 15 is 4.39 Å². The normalized spacial score (nSPS) is 11.4. The Labute approximate surface area is 196 Å². The second-order valence-electron chi connectivity index (χ2n) is 7.60. The number of hydrogen-bond acceptors (Lipinski definition) is 9. The van der Waals surface area contributed by atoms with Gasteiger partial charge in [0.05, 0.1) is 18.4 Å². The second kappa shape index (κ2) is 9.96. The Balaban J connectivity index is 1.49. The molecule has 0 saturated heterocycles. The van der Waals surface area contributed by atoms with E-state index in [0.29, 0.717) is 17.1 Å². The van der Waals surface area contributed by atoms with Crippen molar-refractivity contribution in [3.63, 3.8) is 0 Å². The standard InChI is InChI=1S/C23H23FN6O3S/c1-33-19-10-15(12-27-22(19)26-8-9-34(2,31)32)13-28-23-20(24)21(29-14-30-23)17-5-6-18-16(11-17)4-3-7-25-18/h3-7,10-12,14H,8-9,13H2,1-2H3,(H,26,27)(H,28,29,30). The highest BCUT2D eigenvalue weighted by Gasteiger charge is 2.14. The third-order valence-corrected chi connectivity index (χ3v) is 5.97. The van der Waals surface area contributed by atoms with Gasteiger partial charge in [0.1, 0.15) is 21.9 Å². The molecule has 0 aliphatic heterocycles. The molecule has 0 unspecified atom stereocenters. The molecule has 1 aromatic carbocycles. The van der Waals surface area contributed by atoms with Crippen molar-refractivity contribution in [1.82, 2.24) is 19.9 Å². The van der Waals surface area contributed by atoms with Gasteiger partial charge in [-0.25, -0.2) is 27.8 Å². The van der Waals surface area contributed by atoms with Gasteiger partial charge in [-0.3, -0.25) is 4.98 Å². The summed E-state index contributed by atoms with van der Waals surface area (Å²) in [4.78, 5) is 16.7. The van der Waals surface area contributed by atoms with Gasteiger partial charge in [0.2, 0.25) is 0 Å². The first kappa shape index (κ1) is 23.3. The lowest BCUT2D eigenvalue weighted by Crippen LogP contribution is -2.15. The van der Waals surface area contributed by atoms with Crippen LogP contribution in [-0.2, 0) is 16.4 Å². The predicted molar refractivity (Wildman–Crippen MR) is 129 cm³/mol. The van der Waals surface area contributed by atoms with Crippen LogP contribution in [-0.4, -0.2) is 54.0 Å². The molecule has 0 saturated carbocycles. The van der Waals surface area contributed by atoms with E-state index in [2.05, 4.69) is 30.6 Å². The van der Waals surface area contributed by atoms with Crippen molar-refractivity contribution >= 4 is 32.4 Å². The van der Waals surface area contributed by atoms with Crippen LogP contribution in [0.4, 0.5) is 16.0 Å². The Hall–Kier alpha value is -3.86. The molecule has 34 heavy (non-hydrogen) atoms. The van der Waals surface area contributed by atoms with Crippen molar-refractivity contribution < 1.29 is 17.5 Å². The number of fused-ring (bicyclic) bond motifs is 1. The Kier molecular flexibility index (Phi) is 6.82. The molecule has 0 atom stereocenters. The zero-order chi connectivity index (χ0) is 24.1. The van der Waals surface area contributed by atoms with Gasteiger partial charge >= 0.3 is 0 Å². The van der Waals surface area contributed by atoms with Crippen molar-refractivity contribution in [3.8, 4) is 17.0 Å². The van der Waals surface area contributed by atoms with Gasteiger partial charge < -0.3 is 15.4 Å². The third kappa shape index (κ3) is 5.54. The fourth-order valence-corrected chi connectivity index (χ4v) is 3.80. The monoisotopic (exact) mass is 482 g/mol. The van der Waals surface area contributed by atoms with Gasteiger partial charge in [-0.2, -0.15) is 0 Å². The lowest BCUT2D eigenvalue weighted by Gasteiger charge is -2.13. The van der Waals surface area contributed by atoms with E-state index in [1.807, 2.05) is 24.3 Å². The van der Waals surface area contributed by atoms with E-state index in [1.165, 1.54) is 19.7 Å². The van der Waals surface area contributed by atoms with Crippen LogP contribution < -0.4 is 15.4 Å². The number of nitrogens with zero attached hydrogens (tertiary/aromatic N) is 4. The van der Waals surface area contributed by atoms with E-state index in [9.17, 15) is 8.42 Å². The lowest BCUT2D eigenvalue weighted by molar-refractivity contribution is 0.414. The molecule has 0 fully saturated rings. The summed E-state index contributed by atoms with van der Waals surface area (Å²) in [6, 6.07) is 10.9. The lowest BCUT2D eigenvalue weighted by atomic mass is 10.1. The molecule has 3 heterocycles. The van der Waals surface area contributed by atoms with Crippen LogP contribution in [0.2, 0.25) is 0 Å². The number of sulfone groups is 1. The van der Waals surface area contributed by atoms with Gasteiger partial charge in [0.25, 0.3) is 0 Å². The highest BCUT2D eigenvalue weighted by Crippen LogP contribution is 2.27. The van der Waals surface area contributed by atoms with Crippen LogP contribution in [0.3, 0.4) is 0 Å². The highest BCUT2D eigenvalue weighted by molar-refractivity contribution is 7.90. The number of aromatic nitrogens is 4. The summed E-state index contributed by atoms with van der Waals surface area (Å²) in [6.45, 7) is 0.446. The van der Waals surface area contributed by atoms with Gasteiger partial charge in [0.15, 0.2) is 23.2 Å². The Bertz CT molecular complexity index is 1430. The van der Waals surface area contributed by atoms with Crippen molar-refractivity contribution in [3.05, 3.63) is 66.5 Å². The summed E-state index contributed by atoms with van der Waals surface area (Å²) < 4.78 is 43.2. The molecular formula is C23H23FN6O3S. The molecule has 0 amide bonds. The Morgan fingerprint density at radius 3 is 2.68 bits per heavy atom. The summed E-state index contributed by atoms with van der Waals surface area (Å²) in [5.41, 5.74) is 2.34. The number of anilines is 2. The van der Waals surface area contributed by atoms with Crippen LogP contribution in [0, 0.1) is 5.82 Å². The molecule has 0 bridgehead atoms. The topological polar surface area (TPSA) is 119 Å². The Morgan fingerprint density at radius 2 is 1.88 bits per heavy atom. The summed E-state index contributed by atoms with van der Waals surface area (Å²) >= 11 is 0. The fraction of sp³-hybridized carbons (Fsp3) is 0.217. The SMILES string of the molecule is COc1cc(CNc2ncnc(-c3ccc4ncccc4c3)c2F)cnc1NCCS(C)(=O)=O. The smallest absolute Gasteiger partial charge is 0.191 e. The van der Waals surface area contributed by atoms with Gasteiger partial charge in [-0.05, 0) is 29.8 Å². The zero-order valence-corrected chi connectivity index (χ0v) is 19.4. The average Bonchev–Trinajstić information content (AvgIpc) is 2.83. The molecular weight excluding hydrogens is 459 g/mol. The van der Waals surface area contributed by atoms with Crippen LogP contribution in [0.5, 0.6) is 5.75 Å². The molecule has 2 N–H and O–H groups in total. The number of nitrogens with one attached hydrogen (secondary N) is 2. The van der Waals surface area contributed by atoms with E-state index in [-0.39, 0.29) is 30.4 Å². The summed E-state index contributed by atoms with van der Waals surface area (Å²) in [7, 11) is -1.60. The second-order valence-corrected chi connectivity index (χ2v) is 9.86. The van der Waals surface area contributed by atoms with Crippen molar-refractivity contribution in [2.24, 2.45) is 0 Å². The Morgan fingerprint density at radius 1 is 1.03 bits per heavy atom. The quantitative estimate of drug-likeness (QED) is 0.370. The first-order valence-electron chi connectivity index (χ1n) is 10.4. The number of benzene rings is 1. The number of rotatable bonds is 9. The minimum atomic E-state index is -3.09. The summed E-state index contributed by atoms with van der Waals surface area (Å²) in [6.07, 6.45) is 5.77. The maximum absolute atomic E-state index is 15.2. The van der Waals surface area contributed by atoms with Gasteiger partial charge in [-0.15, -0.1) is 0 Å². The molecule has 0 radical (unpaired) electrons. The minimum absolute atomic E-state index is 0.0236. The summed E-state index contributed by atoms with van der Waals surface area (Å²) in [5, 5.41) is 6.81. The molecule has 4 rings (SSSR count). The van der Waals surface area contributed by atoms with Crippen LogP contribution in [0.1, 0.15) is 5.56 Å². The van der Waals surface area contributed by atoms with Crippen LogP contribution in [0.25, 0.3) is 22.2 Å². The fourth-order valence-electron chi connectivity index (χ4n) is 3.33. The molecule has 0 aliphatic rings. The maximum atomic E-state index is 15.2. The van der Waals surface area contributed by atoms with E-state index in [0.717, 1.165) is 16.5 Å². The maximum Gasteiger partial charge on any atom is 0.191 e. The summed E-state index contributed by atoms with van der Waals surface area (Å²) in [5.74, 6) is 0.345. The third-order valence-electron chi connectivity index (χ3n) is 5.02. The number of ether oxygens (including phenoxy) is 1. The first-order valence-corrected chi connectivity index (χ1v) is 12.4. The molecule has 11 heteroatoms. The van der Waals surface area contributed by atoms with Gasteiger partial charge in [-0.1, -0.05) is 12.1 Å². The van der Waals surface area contributed by atoms with Crippen molar-refractivity contribution in [1.29, 1.82) is 0 Å². The van der Waals surface area contributed by atoms with Gasteiger partial charge in [0, 0.05) is 42.7 Å². The van der Waals surface area contributed by atoms with E-state index in [4.69, 9.17) is 4.74 Å². The van der Waals surface area contributed by atoms with Crippen LogP contribution >= 0.6 is 0 Å². The predicted octanol–water partition coefficient (Wildman–Crippen LogP) is 3.30. The highest BCUT2D eigenvalue weighted by atomic mass is 32.2. The largest absolute Gasteiger partial charge is 0.493 e. The minimum Gasteiger partial charge on any atom is -0.493 e. The first-order chi connectivity index (χ1) is 16.3. The van der Waals surface area contributed by atoms with E-state index in [1.54, 1.807) is 24.5 Å². The average molecular weight is 483 g/mol. The number of pyridine rings is 2. The molecule has 0 spiro atoms. The molecule has 9 nitrogen and oxygen atoms in total. The number of hydrogen-bond donors (Lipinski definition) is 2. The zero-order valence-electron chi connectivity index (χ0n) is 18.6. The number of methoxy groups -OCH3 is 1. The molecule has 0 aliphatic carbocycles. The molecule has 3 aromatic heterocycles. The van der Waals surface area contributed by atoms with Crippen molar-refractivity contribution in [2.75, 3.05) is 36.3 Å². The van der Waals surface area contributed by atoms with Crippen LogP contribution in [0.15, 0.2) is 55.1 Å². The number of halogens is 1.